The van der Waals surface area contributed by atoms with E-state index in [0.29, 0.717) is 39.2 Å². The minimum Gasteiger partial charge on any atom is -0.479 e. The Bertz CT molecular complexity index is 1420. The average Bonchev–Trinajstić information content (AvgIpc) is 3.27. The van der Waals surface area contributed by atoms with E-state index in [2.05, 4.69) is 15.1 Å². The van der Waals surface area contributed by atoms with Crippen molar-refractivity contribution in [3.63, 3.8) is 0 Å². The summed E-state index contributed by atoms with van der Waals surface area (Å²) in [7, 11) is 6.87. The van der Waals surface area contributed by atoms with Crippen molar-refractivity contribution in [2.24, 2.45) is 7.05 Å². The van der Waals surface area contributed by atoms with Crippen LogP contribution in [0.1, 0.15) is 21.6 Å². The summed E-state index contributed by atoms with van der Waals surface area (Å²) in [5, 5.41) is 4.09. The van der Waals surface area contributed by atoms with Gasteiger partial charge in [0.2, 0.25) is 5.88 Å². The van der Waals surface area contributed by atoms with E-state index in [1.165, 1.54) is 30.3 Å². The number of methoxy groups -OCH3 is 1. The van der Waals surface area contributed by atoms with Crippen LogP contribution in [-0.4, -0.2) is 53.4 Å². The van der Waals surface area contributed by atoms with Gasteiger partial charge in [0.05, 0.1) is 31.1 Å². The largest absolute Gasteiger partial charge is 0.479 e. The van der Waals surface area contributed by atoms with E-state index in [1.807, 2.05) is 15.7 Å². The second kappa shape index (κ2) is 7.40. The molecule has 33 heavy (non-hydrogen) atoms. The molecule has 0 atom stereocenters. The van der Waals surface area contributed by atoms with Gasteiger partial charge in [0.15, 0.2) is 0 Å². The molecule has 5 rings (SSSR count). The molecule has 0 N–H and O–H groups in total. The fourth-order valence-electron chi connectivity index (χ4n) is 4.45. The van der Waals surface area contributed by atoms with Gasteiger partial charge in [-0.05, 0) is 29.8 Å². The number of carbonyl (C=O) groups excluding carboxylic acids is 1. The van der Waals surface area contributed by atoms with Crippen molar-refractivity contribution < 1.29 is 18.3 Å². The summed E-state index contributed by atoms with van der Waals surface area (Å²) in [5.41, 5.74) is 2.32. The van der Waals surface area contributed by atoms with Gasteiger partial charge in [-0.3, -0.25) is 14.5 Å². The number of rotatable bonds is 4. The zero-order chi connectivity index (χ0) is 23.5. The van der Waals surface area contributed by atoms with E-state index < -0.39 is 17.0 Å². The van der Waals surface area contributed by atoms with Crippen LogP contribution in [0.15, 0.2) is 42.9 Å². The monoisotopic (exact) mass is 445 g/mol. The van der Waals surface area contributed by atoms with Crippen LogP contribution in [0, 0.1) is 11.6 Å². The summed E-state index contributed by atoms with van der Waals surface area (Å²) >= 11 is 0. The van der Waals surface area contributed by atoms with Crippen molar-refractivity contribution >= 4 is 32.5 Å². The molecule has 0 radical (unpaired) electrons. The van der Waals surface area contributed by atoms with Gasteiger partial charge in [-0.25, -0.2) is 13.8 Å². The Morgan fingerprint density at radius 2 is 1.85 bits per heavy atom. The molecule has 0 bridgehead atoms. The highest BCUT2D eigenvalue weighted by molar-refractivity contribution is 6.42. The maximum Gasteiger partial charge on any atom is 0.255 e. The second-order valence-corrected chi connectivity index (χ2v) is 8.48. The van der Waals surface area contributed by atoms with Crippen molar-refractivity contribution in [3.8, 4) is 17.0 Å². The quantitative estimate of drug-likeness (QED) is 0.444. The molecule has 164 valence electrons. The second-order valence-electron chi connectivity index (χ2n) is 8.48. The van der Waals surface area contributed by atoms with Crippen LogP contribution in [0.5, 0.6) is 5.88 Å². The van der Waals surface area contributed by atoms with Gasteiger partial charge < -0.3 is 9.64 Å². The van der Waals surface area contributed by atoms with Crippen LogP contribution in [-0.2, 0) is 18.9 Å². The predicted molar refractivity (Wildman–Crippen MR) is 123 cm³/mol. The highest BCUT2D eigenvalue weighted by atomic mass is 19.1. The Morgan fingerprint density at radius 3 is 2.52 bits per heavy atom. The van der Waals surface area contributed by atoms with Gasteiger partial charge in [-0.1, -0.05) is 0 Å². The average molecular weight is 445 g/mol. The number of aromatic nitrogens is 4. The first-order chi connectivity index (χ1) is 15.7. The first-order valence-electron chi connectivity index (χ1n) is 10.3. The van der Waals surface area contributed by atoms with Crippen LogP contribution in [0.4, 0.5) is 8.78 Å². The molecule has 4 aromatic rings. The fourth-order valence-corrected chi connectivity index (χ4v) is 4.45. The third-order valence-corrected chi connectivity index (χ3v) is 6.24. The number of halogens is 2. The minimum absolute atomic E-state index is 0.183. The van der Waals surface area contributed by atoms with Crippen LogP contribution in [0.25, 0.3) is 22.0 Å². The Kier molecular flexibility index (Phi) is 4.73. The smallest absolute Gasteiger partial charge is 0.255 e. The molecule has 1 aromatic carbocycles. The SMILES string of the molecule is BC1(B)c2ncccc2C(=O)N1Cc1c(F)cc(-c2cnc(OC)c3c2cnn3C)cc1F. The van der Waals surface area contributed by atoms with Crippen LogP contribution in [0.3, 0.4) is 0 Å². The first-order valence-corrected chi connectivity index (χ1v) is 10.3. The van der Waals surface area contributed by atoms with Gasteiger partial charge in [0.1, 0.15) is 32.8 Å². The first kappa shape index (κ1) is 21.1. The highest BCUT2D eigenvalue weighted by Crippen LogP contribution is 2.37. The summed E-state index contributed by atoms with van der Waals surface area (Å²) in [5.74, 6) is -1.42. The number of hydrogen-bond acceptors (Lipinski definition) is 5. The molecule has 0 saturated carbocycles. The normalized spacial score (nSPS) is 14.7. The Labute approximate surface area is 190 Å². The minimum atomic E-state index is -0.799. The molecule has 7 nitrogen and oxygen atoms in total. The van der Waals surface area contributed by atoms with E-state index in [4.69, 9.17) is 4.74 Å². The molecule has 1 aliphatic heterocycles. The summed E-state index contributed by atoms with van der Waals surface area (Å²) in [6, 6.07) is 5.87. The number of aryl methyl sites for hydroxylation is 1. The maximum absolute atomic E-state index is 15.2. The summed E-state index contributed by atoms with van der Waals surface area (Å²) in [6.45, 7) is -0.219. The van der Waals surface area contributed by atoms with Crippen molar-refractivity contribution in [2.45, 2.75) is 11.9 Å². The molecule has 0 unspecified atom stereocenters. The standard InChI is InChI=1S/C22H19B2F2N5O2/c1-30-18-14(9-29-30)13(8-28-20(18)33-2)11-6-16(25)15(17(26)7-11)10-31-21(32)12-4-3-5-27-19(12)22(31,23)24/h3-9H,10,23-24H2,1-2H3. The Hall–Kier alpha value is -3.75. The number of benzene rings is 1. The van der Waals surface area contributed by atoms with Gasteiger partial charge in [0, 0.05) is 41.3 Å². The zero-order valence-corrected chi connectivity index (χ0v) is 18.6. The van der Waals surface area contributed by atoms with E-state index in [0.717, 1.165) is 0 Å². The molecule has 3 aromatic heterocycles. The van der Waals surface area contributed by atoms with E-state index in [1.54, 1.807) is 36.3 Å². The molecule has 0 spiro atoms. The van der Waals surface area contributed by atoms with Crippen molar-refractivity contribution in [3.05, 3.63) is 71.3 Å². The number of ether oxygens (including phenoxy) is 1. The summed E-state index contributed by atoms with van der Waals surface area (Å²) in [4.78, 5) is 23.0. The molecular formula is C22H19B2F2N5O2. The van der Waals surface area contributed by atoms with Crippen molar-refractivity contribution in [1.82, 2.24) is 24.6 Å². The highest BCUT2D eigenvalue weighted by Gasteiger charge is 2.44. The zero-order valence-electron chi connectivity index (χ0n) is 18.6. The summed E-state index contributed by atoms with van der Waals surface area (Å²) < 4.78 is 37.4. The van der Waals surface area contributed by atoms with Crippen LogP contribution < -0.4 is 4.74 Å². The number of fused-ring (bicyclic) bond motifs is 2. The van der Waals surface area contributed by atoms with E-state index in [9.17, 15) is 4.79 Å². The molecule has 11 heteroatoms. The topological polar surface area (TPSA) is 73.1 Å². The maximum atomic E-state index is 15.2. The Balaban J connectivity index is 1.55. The lowest BCUT2D eigenvalue weighted by Crippen LogP contribution is -2.45. The summed E-state index contributed by atoms with van der Waals surface area (Å²) in [6.07, 6.45) is 4.72. The lowest BCUT2D eigenvalue weighted by molar-refractivity contribution is 0.0727. The van der Waals surface area contributed by atoms with Crippen molar-refractivity contribution in [2.75, 3.05) is 7.11 Å². The van der Waals surface area contributed by atoms with Crippen molar-refractivity contribution in [1.29, 1.82) is 0 Å². The lowest BCUT2D eigenvalue weighted by Gasteiger charge is -2.32. The third-order valence-electron chi connectivity index (χ3n) is 6.24. The van der Waals surface area contributed by atoms with Crippen LogP contribution >= 0.6 is 0 Å². The lowest BCUT2D eigenvalue weighted by atomic mass is 9.59. The fraction of sp³-hybridized carbons (Fsp3) is 0.182. The molecule has 4 heterocycles. The predicted octanol–water partition coefficient (Wildman–Crippen LogP) is 1.35. The van der Waals surface area contributed by atoms with Gasteiger partial charge in [-0.15, -0.1) is 0 Å². The third kappa shape index (κ3) is 3.10. The number of pyridine rings is 2. The number of carbonyl (C=O) groups is 1. The van der Waals surface area contributed by atoms with Gasteiger partial charge in [-0.2, -0.15) is 5.10 Å². The van der Waals surface area contributed by atoms with E-state index in [-0.39, 0.29) is 18.0 Å². The molecule has 1 aliphatic rings. The molecule has 0 saturated heterocycles. The molecule has 1 amide bonds. The molecule has 0 aliphatic carbocycles. The molecule has 0 fully saturated rings. The number of nitrogens with zero attached hydrogens (tertiary/aromatic N) is 5. The molecular weight excluding hydrogens is 426 g/mol. The number of hydrogen-bond donors (Lipinski definition) is 0. The number of amides is 1. The Morgan fingerprint density at radius 1 is 1.12 bits per heavy atom. The van der Waals surface area contributed by atoms with Gasteiger partial charge >= 0.3 is 0 Å². The van der Waals surface area contributed by atoms with Crippen LogP contribution in [0.2, 0.25) is 0 Å². The van der Waals surface area contributed by atoms with Gasteiger partial charge in [0.25, 0.3) is 5.91 Å². The van der Waals surface area contributed by atoms with E-state index >= 15 is 8.78 Å².